The standard InChI is InChI=1S/C9H14BrN3O/c1-13-6-7(10)5-8(13)9(14)12-4-2-3-11/h5-6H,2-4,11H2,1H3,(H,12,14). The van der Waals surface area contributed by atoms with Crippen molar-refractivity contribution in [1.29, 1.82) is 0 Å². The predicted molar refractivity (Wildman–Crippen MR) is 59.1 cm³/mol. The Bertz CT molecular complexity index is 322. The van der Waals surface area contributed by atoms with Crippen molar-refractivity contribution in [3.63, 3.8) is 0 Å². The Balaban J connectivity index is 2.56. The lowest BCUT2D eigenvalue weighted by molar-refractivity contribution is 0.0945. The van der Waals surface area contributed by atoms with Crippen molar-refractivity contribution in [3.05, 3.63) is 22.4 Å². The van der Waals surface area contributed by atoms with Gasteiger partial charge in [0.1, 0.15) is 5.69 Å². The Morgan fingerprint density at radius 2 is 2.43 bits per heavy atom. The fourth-order valence-corrected chi connectivity index (χ4v) is 1.67. The molecule has 78 valence electrons. The second-order valence-electron chi connectivity index (χ2n) is 3.05. The lowest BCUT2D eigenvalue weighted by atomic mass is 10.3. The third-order valence-corrected chi connectivity index (χ3v) is 2.30. The first kappa shape index (κ1) is 11.3. The van der Waals surface area contributed by atoms with E-state index in [2.05, 4.69) is 21.2 Å². The van der Waals surface area contributed by atoms with Crippen LogP contribution in [0.25, 0.3) is 0 Å². The van der Waals surface area contributed by atoms with Crippen LogP contribution in [-0.2, 0) is 7.05 Å². The maximum absolute atomic E-state index is 11.6. The molecule has 0 saturated heterocycles. The summed E-state index contributed by atoms with van der Waals surface area (Å²) >= 11 is 3.31. The Morgan fingerprint density at radius 3 is 2.93 bits per heavy atom. The quantitative estimate of drug-likeness (QED) is 0.789. The highest BCUT2D eigenvalue weighted by Crippen LogP contribution is 2.13. The first-order chi connectivity index (χ1) is 6.65. The van der Waals surface area contributed by atoms with Crippen LogP contribution in [0, 0.1) is 0 Å². The van der Waals surface area contributed by atoms with Gasteiger partial charge in [-0.2, -0.15) is 0 Å². The summed E-state index contributed by atoms with van der Waals surface area (Å²) in [6.07, 6.45) is 2.65. The molecule has 0 bridgehead atoms. The molecule has 1 amide bonds. The SMILES string of the molecule is Cn1cc(Br)cc1C(=O)NCCCN. The van der Waals surface area contributed by atoms with Gasteiger partial charge in [-0.1, -0.05) is 0 Å². The average Bonchev–Trinajstić information content (AvgIpc) is 2.45. The summed E-state index contributed by atoms with van der Waals surface area (Å²) in [5.41, 5.74) is 5.97. The number of hydrogen-bond donors (Lipinski definition) is 2. The number of rotatable bonds is 4. The Kier molecular flexibility index (Phi) is 4.16. The van der Waals surface area contributed by atoms with Gasteiger partial charge in [0.2, 0.25) is 0 Å². The Labute approximate surface area is 91.6 Å². The fraction of sp³-hybridized carbons (Fsp3) is 0.444. The highest BCUT2D eigenvalue weighted by atomic mass is 79.9. The molecule has 0 aliphatic carbocycles. The maximum Gasteiger partial charge on any atom is 0.267 e. The molecule has 1 heterocycles. The van der Waals surface area contributed by atoms with Gasteiger partial charge in [-0.05, 0) is 35.0 Å². The lowest BCUT2D eigenvalue weighted by Crippen LogP contribution is -2.27. The molecule has 1 aromatic heterocycles. The Morgan fingerprint density at radius 1 is 1.71 bits per heavy atom. The lowest BCUT2D eigenvalue weighted by Gasteiger charge is -2.04. The van der Waals surface area contributed by atoms with E-state index in [0.717, 1.165) is 10.9 Å². The van der Waals surface area contributed by atoms with Crippen molar-refractivity contribution < 1.29 is 4.79 Å². The van der Waals surface area contributed by atoms with Crippen LogP contribution in [0.2, 0.25) is 0 Å². The van der Waals surface area contributed by atoms with E-state index in [9.17, 15) is 4.79 Å². The molecule has 1 rings (SSSR count). The van der Waals surface area contributed by atoms with Crippen LogP contribution in [0.1, 0.15) is 16.9 Å². The summed E-state index contributed by atoms with van der Waals surface area (Å²) < 4.78 is 2.69. The number of hydrogen-bond acceptors (Lipinski definition) is 2. The third kappa shape index (κ3) is 2.85. The first-order valence-corrected chi connectivity index (χ1v) is 5.24. The predicted octanol–water partition coefficient (Wildman–Crippen LogP) is 0.866. The minimum atomic E-state index is -0.0633. The average molecular weight is 260 g/mol. The van der Waals surface area contributed by atoms with E-state index in [-0.39, 0.29) is 5.91 Å². The largest absolute Gasteiger partial charge is 0.351 e. The summed E-state index contributed by atoms with van der Waals surface area (Å²) in [7, 11) is 1.84. The van der Waals surface area contributed by atoms with E-state index in [4.69, 9.17) is 5.73 Å². The number of carbonyl (C=O) groups excluding carboxylic acids is 1. The van der Waals surface area contributed by atoms with Gasteiger partial charge in [-0.15, -0.1) is 0 Å². The molecule has 0 aliphatic heterocycles. The molecule has 0 aliphatic rings. The molecular weight excluding hydrogens is 246 g/mol. The molecule has 1 aromatic rings. The minimum absolute atomic E-state index is 0.0633. The van der Waals surface area contributed by atoms with E-state index in [1.54, 1.807) is 10.6 Å². The molecular formula is C9H14BrN3O. The van der Waals surface area contributed by atoms with Gasteiger partial charge < -0.3 is 15.6 Å². The molecule has 0 aromatic carbocycles. The highest BCUT2D eigenvalue weighted by molar-refractivity contribution is 9.10. The fourth-order valence-electron chi connectivity index (χ4n) is 1.14. The molecule has 0 unspecified atom stereocenters. The summed E-state index contributed by atoms with van der Waals surface area (Å²) in [4.78, 5) is 11.6. The van der Waals surface area contributed by atoms with Crippen LogP contribution in [0.5, 0.6) is 0 Å². The highest BCUT2D eigenvalue weighted by Gasteiger charge is 2.09. The molecule has 0 fully saturated rings. The van der Waals surface area contributed by atoms with Crippen molar-refractivity contribution in [2.45, 2.75) is 6.42 Å². The number of nitrogens with one attached hydrogen (secondary N) is 1. The first-order valence-electron chi connectivity index (χ1n) is 4.45. The van der Waals surface area contributed by atoms with Gasteiger partial charge >= 0.3 is 0 Å². The minimum Gasteiger partial charge on any atom is -0.351 e. The molecule has 0 radical (unpaired) electrons. The van der Waals surface area contributed by atoms with E-state index >= 15 is 0 Å². The summed E-state index contributed by atoms with van der Waals surface area (Å²) in [6, 6.07) is 1.79. The zero-order chi connectivity index (χ0) is 10.6. The zero-order valence-electron chi connectivity index (χ0n) is 8.09. The van der Waals surface area contributed by atoms with Crippen molar-refractivity contribution in [1.82, 2.24) is 9.88 Å². The van der Waals surface area contributed by atoms with Crippen LogP contribution >= 0.6 is 15.9 Å². The molecule has 0 spiro atoms. The molecule has 14 heavy (non-hydrogen) atoms. The normalized spacial score (nSPS) is 10.2. The van der Waals surface area contributed by atoms with Crippen LogP contribution in [0.15, 0.2) is 16.7 Å². The number of halogens is 1. The summed E-state index contributed by atoms with van der Waals surface area (Å²) in [5, 5.41) is 2.79. The molecule has 0 atom stereocenters. The summed E-state index contributed by atoms with van der Waals surface area (Å²) in [6.45, 7) is 1.22. The number of amides is 1. The van der Waals surface area contributed by atoms with Crippen molar-refractivity contribution in [3.8, 4) is 0 Å². The number of aromatic nitrogens is 1. The van der Waals surface area contributed by atoms with Crippen molar-refractivity contribution in [2.75, 3.05) is 13.1 Å². The van der Waals surface area contributed by atoms with E-state index in [1.165, 1.54) is 0 Å². The molecule has 5 heteroatoms. The summed E-state index contributed by atoms with van der Waals surface area (Å²) in [5.74, 6) is -0.0633. The van der Waals surface area contributed by atoms with Crippen LogP contribution < -0.4 is 11.1 Å². The van der Waals surface area contributed by atoms with Gasteiger partial charge in [0.15, 0.2) is 0 Å². The zero-order valence-corrected chi connectivity index (χ0v) is 9.67. The van der Waals surface area contributed by atoms with Gasteiger partial charge in [0, 0.05) is 24.3 Å². The second kappa shape index (κ2) is 5.17. The second-order valence-corrected chi connectivity index (χ2v) is 3.97. The smallest absolute Gasteiger partial charge is 0.267 e. The number of nitrogens with two attached hydrogens (primary N) is 1. The number of aryl methyl sites for hydroxylation is 1. The van der Waals surface area contributed by atoms with E-state index in [0.29, 0.717) is 18.8 Å². The van der Waals surface area contributed by atoms with Crippen LogP contribution in [0.4, 0.5) is 0 Å². The van der Waals surface area contributed by atoms with Gasteiger partial charge in [-0.3, -0.25) is 4.79 Å². The molecule has 3 N–H and O–H groups in total. The molecule has 0 saturated carbocycles. The van der Waals surface area contributed by atoms with Crippen LogP contribution in [-0.4, -0.2) is 23.6 Å². The monoisotopic (exact) mass is 259 g/mol. The van der Waals surface area contributed by atoms with Crippen molar-refractivity contribution >= 4 is 21.8 Å². The van der Waals surface area contributed by atoms with Gasteiger partial charge in [-0.25, -0.2) is 0 Å². The van der Waals surface area contributed by atoms with Crippen LogP contribution in [0.3, 0.4) is 0 Å². The topological polar surface area (TPSA) is 60.0 Å². The Hall–Kier alpha value is -0.810. The number of nitrogens with zero attached hydrogens (tertiary/aromatic N) is 1. The third-order valence-electron chi connectivity index (χ3n) is 1.87. The molecule has 4 nitrogen and oxygen atoms in total. The van der Waals surface area contributed by atoms with Gasteiger partial charge in [0.25, 0.3) is 5.91 Å². The van der Waals surface area contributed by atoms with E-state index < -0.39 is 0 Å². The maximum atomic E-state index is 11.6. The number of carbonyl (C=O) groups is 1. The van der Waals surface area contributed by atoms with E-state index in [1.807, 2.05) is 13.2 Å². The van der Waals surface area contributed by atoms with Gasteiger partial charge in [0.05, 0.1) is 0 Å². The van der Waals surface area contributed by atoms with Crippen molar-refractivity contribution in [2.24, 2.45) is 12.8 Å².